The van der Waals surface area contributed by atoms with E-state index in [0.717, 1.165) is 35.2 Å². The van der Waals surface area contributed by atoms with Gasteiger partial charge in [0.05, 0.1) is 18.0 Å². The van der Waals surface area contributed by atoms with Crippen LogP contribution in [-0.4, -0.2) is 87.4 Å². The summed E-state index contributed by atoms with van der Waals surface area (Å²) in [5.41, 5.74) is 0.0756. The number of likely N-dealkylation sites (tertiary alicyclic amines) is 2. The van der Waals surface area contributed by atoms with Crippen molar-refractivity contribution in [2.45, 2.75) is 63.4 Å². The van der Waals surface area contributed by atoms with Gasteiger partial charge in [0.2, 0.25) is 17.7 Å². The SMILES string of the molecule is CC(=O)N1CCC(NC(=O)c2cc(F)cnc2Cl)CC1.CCSc1ccc(Oc2ncc(F)cc2C(=O)NC2CCN(C(C)=O)CC2)cc1. The molecule has 4 amide bonds. The minimum absolute atomic E-state index is 0.0231. The van der Waals surface area contributed by atoms with Crippen LogP contribution in [0.25, 0.3) is 0 Å². The average Bonchev–Trinajstić information content (AvgIpc) is 3.08. The van der Waals surface area contributed by atoms with Crippen LogP contribution in [0, 0.1) is 11.6 Å². The van der Waals surface area contributed by atoms with E-state index in [9.17, 15) is 28.0 Å². The van der Waals surface area contributed by atoms with Crippen molar-refractivity contribution in [1.29, 1.82) is 0 Å². The van der Waals surface area contributed by atoms with Crippen molar-refractivity contribution in [3.05, 3.63) is 76.7 Å². The zero-order valence-electron chi connectivity index (χ0n) is 27.5. The Morgan fingerprint density at radius 2 is 1.29 bits per heavy atom. The summed E-state index contributed by atoms with van der Waals surface area (Å²) < 4.78 is 32.6. The van der Waals surface area contributed by atoms with Crippen LogP contribution in [0.5, 0.6) is 11.6 Å². The molecule has 0 radical (unpaired) electrons. The molecule has 0 aliphatic carbocycles. The van der Waals surface area contributed by atoms with E-state index in [1.165, 1.54) is 13.8 Å². The van der Waals surface area contributed by atoms with E-state index >= 15 is 0 Å². The topological polar surface area (TPSA) is 134 Å². The van der Waals surface area contributed by atoms with Crippen LogP contribution in [0.15, 0.2) is 53.7 Å². The summed E-state index contributed by atoms with van der Waals surface area (Å²) in [6.07, 6.45) is 4.64. The van der Waals surface area contributed by atoms with Gasteiger partial charge in [-0.1, -0.05) is 18.5 Å². The molecular weight excluding hydrogens is 678 g/mol. The molecule has 0 atom stereocenters. The van der Waals surface area contributed by atoms with Crippen LogP contribution in [-0.2, 0) is 9.59 Å². The second-order valence-electron chi connectivity index (χ2n) is 11.5. The normalized spacial score (nSPS) is 15.1. The van der Waals surface area contributed by atoms with E-state index in [1.54, 1.807) is 33.7 Å². The first-order valence-corrected chi connectivity index (χ1v) is 17.3. The lowest BCUT2D eigenvalue weighted by atomic mass is 10.0. The number of amides is 4. The van der Waals surface area contributed by atoms with Gasteiger partial charge in [-0.05, 0) is 67.8 Å². The fraction of sp³-hybridized carbons (Fsp3) is 0.412. The maximum absolute atomic E-state index is 13.8. The van der Waals surface area contributed by atoms with Crippen LogP contribution >= 0.6 is 23.4 Å². The lowest BCUT2D eigenvalue weighted by Gasteiger charge is -2.31. The summed E-state index contributed by atoms with van der Waals surface area (Å²) in [5, 5.41) is 5.68. The number of hydrogen-bond donors (Lipinski definition) is 2. The lowest BCUT2D eigenvalue weighted by Crippen LogP contribution is -2.46. The van der Waals surface area contributed by atoms with Crippen molar-refractivity contribution in [2.75, 3.05) is 31.9 Å². The van der Waals surface area contributed by atoms with Gasteiger partial charge < -0.3 is 25.2 Å². The maximum Gasteiger partial charge on any atom is 0.257 e. The number of carbonyl (C=O) groups is 4. The molecule has 3 aromatic rings. The fourth-order valence-corrected chi connectivity index (χ4v) is 6.19. The van der Waals surface area contributed by atoms with E-state index in [0.29, 0.717) is 57.6 Å². The molecule has 0 saturated carbocycles. The minimum Gasteiger partial charge on any atom is -0.438 e. The molecule has 2 aliphatic rings. The fourth-order valence-electron chi connectivity index (χ4n) is 5.34. The number of benzene rings is 1. The van der Waals surface area contributed by atoms with Gasteiger partial charge in [-0.25, -0.2) is 18.7 Å². The molecule has 4 heterocycles. The standard InChI is InChI=1S/C21H24FN3O3S.C13H15ClFN3O2/c1-3-29-18-6-4-17(5-7-18)28-21-19(12-15(22)13-23-21)20(27)24-16-8-10-25(11-9-16)14(2)26;1-8(19)18-4-2-10(3-5-18)17-13(20)11-6-9(15)7-16-12(11)14/h4-7,12-13,16H,3,8-11H2,1-2H3,(H,24,27);6-7,10H,2-5H2,1H3,(H,17,20). The molecule has 2 saturated heterocycles. The Morgan fingerprint density at radius 1 is 0.816 bits per heavy atom. The quantitative estimate of drug-likeness (QED) is 0.231. The summed E-state index contributed by atoms with van der Waals surface area (Å²) in [6.45, 7) is 7.53. The van der Waals surface area contributed by atoms with Gasteiger partial charge in [-0.15, -0.1) is 11.8 Å². The summed E-state index contributed by atoms with van der Waals surface area (Å²) in [4.78, 5) is 59.6. The third-order valence-corrected chi connectivity index (χ3v) is 9.21. The molecule has 0 unspecified atom stereocenters. The van der Waals surface area contributed by atoms with E-state index < -0.39 is 23.4 Å². The van der Waals surface area contributed by atoms with Crippen molar-refractivity contribution in [3.63, 3.8) is 0 Å². The van der Waals surface area contributed by atoms with E-state index in [4.69, 9.17) is 16.3 Å². The summed E-state index contributed by atoms with van der Waals surface area (Å²) >= 11 is 7.49. The highest BCUT2D eigenvalue weighted by molar-refractivity contribution is 7.99. The number of ether oxygens (including phenoxy) is 1. The summed E-state index contributed by atoms with van der Waals surface area (Å²) in [6, 6.07) is 9.51. The van der Waals surface area contributed by atoms with Gasteiger partial charge in [-0.2, -0.15) is 0 Å². The van der Waals surface area contributed by atoms with Crippen molar-refractivity contribution in [1.82, 2.24) is 30.4 Å². The Labute approximate surface area is 293 Å². The number of nitrogens with zero attached hydrogens (tertiary/aromatic N) is 4. The van der Waals surface area contributed by atoms with Crippen molar-refractivity contribution in [2.24, 2.45) is 0 Å². The third kappa shape index (κ3) is 11.1. The maximum atomic E-state index is 13.8. The number of thioether (sulfide) groups is 1. The Kier molecular flexibility index (Phi) is 13.7. The number of carbonyl (C=O) groups excluding carboxylic acids is 4. The first-order chi connectivity index (χ1) is 23.4. The predicted molar refractivity (Wildman–Crippen MR) is 182 cm³/mol. The van der Waals surface area contributed by atoms with Gasteiger partial charge in [-0.3, -0.25) is 19.2 Å². The number of rotatable bonds is 8. The van der Waals surface area contributed by atoms with Gasteiger partial charge in [0.1, 0.15) is 28.1 Å². The molecule has 15 heteroatoms. The molecule has 1 aromatic carbocycles. The first-order valence-electron chi connectivity index (χ1n) is 15.9. The number of hydrogen-bond acceptors (Lipinski definition) is 8. The molecule has 11 nitrogen and oxygen atoms in total. The van der Waals surface area contributed by atoms with Gasteiger partial charge >= 0.3 is 0 Å². The number of nitrogens with one attached hydrogen (secondary N) is 2. The summed E-state index contributed by atoms with van der Waals surface area (Å²) in [5.74, 6) is -0.482. The molecule has 49 heavy (non-hydrogen) atoms. The Hall–Kier alpha value is -4.30. The first kappa shape index (κ1) is 37.5. The second kappa shape index (κ2) is 17.9. The van der Waals surface area contributed by atoms with Crippen LogP contribution in [0.2, 0.25) is 5.15 Å². The highest BCUT2D eigenvalue weighted by Crippen LogP contribution is 2.27. The Bertz CT molecular complexity index is 1630. The molecule has 2 N–H and O–H groups in total. The number of aromatic nitrogens is 2. The largest absolute Gasteiger partial charge is 0.438 e. The van der Waals surface area contributed by atoms with Gasteiger partial charge in [0, 0.05) is 57.0 Å². The molecule has 2 aromatic heterocycles. The predicted octanol–water partition coefficient (Wildman–Crippen LogP) is 5.48. The minimum atomic E-state index is -0.608. The second-order valence-corrected chi connectivity index (χ2v) is 13.2. The van der Waals surface area contributed by atoms with Crippen LogP contribution in [0.4, 0.5) is 8.78 Å². The van der Waals surface area contributed by atoms with Gasteiger partial charge in [0.15, 0.2) is 0 Å². The average molecular weight is 717 g/mol. The Morgan fingerprint density at radius 3 is 1.78 bits per heavy atom. The van der Waals surface area contributed by atoms with Gasteiger partial charge in [0.25, 0.3) is 11.8 Å². The molecule has 5 rings (SSSR count). The van der Waals surface area contributed by atoms with Crippen molar-refractivity contribution < 1.29 is 32.7 Å². The molecule has 2 aliphatic heterocycles. The lowest BCUT2D eigenvalue weighted by molar-refractivity contribution is -0.130. The Balaban J connectivity index is 0.000000237. The third-order valence-electron chi connectivity index (χ3n) is 8.01. The number of piperidine rings is 2. The van der Waals surface area contributed by atoms with Crippen molar-refractivity contribution in [3.8, 4) is 11.6 Å². The smallest absolute Gasteiger partial charge is 0.257 e. The monoisotopic (exact) mass is 716 g/mol. The summed E-state index contributed by atoms with van der Waals surface area (Å²) in [7, 11) is 0. The molecule has 2 fully saturated rings. The zero-order chi connectivity index (χ0) is 35.5. The highest BCUT2D eigenvalue weighted by Gasteiger charge is 2.25. The van der Waals surface area contributed by atoms with Crippen molar-refractivity contribution >= 4 is 47.0 Å². The number of halogens is 3. The van der Waals surface area contributed by atoms with E-state index in [2.05, 4.69) is 27.5 Å². The van der Waals surface area contributed by atoms with Crippen LogP contribution in [0.1, 0.15) is 67.2 Å². The molecular formula is C34H39ClF2N6O5S. The van der Waals surface area contributed by atoms with E-state index in [-0.39, 0.29) is 46.1 Å². The van der Waals surface area contributed by atoms with Crippen LogP contribution in [0.3, 0.4) is 0 Å². The molecule has 0 bridgehead atoms. The molecule has 262 valence electrons. The van der Waals surface area contributed by atoms with E-state index in [1.807, 2.05) is 12.1 Å². The zero-order valence-corrected chi connectivity index (χ0v) is 29.1. The molecule has 0 spiro atoms. The van der Waals surface area contributed by atoms with Crippen LogP contribution < -0.4 is 15.4 Å². The number of pyridine rings is 2. The highest BCUT2D eigenvalue weighted by atomic mass is 35.5.